The van der Waals surface area contributed by atoms with Crippen molar-refractivity contribution in [3.63, 3.8) is 0 Å². The van der Waals surface area contributed by atoms with Crippen molar-refractivity contribution in [1.82, 2.24) is 4.90 Å². The monoisotopic (exact) mass is 262 g/mol. The molecular formula is C12H14N4O3. The number of nitrogens with zero attached hydrogens (tertiary/aromatic N) is 3. The maximum atomic E-state index is 10.00. The van der Waals surface area contributed by atoms with E-state index in [1.54, 1.807) is 33.2 Å². The van der Waals surface area contributed by atoms with Crippen LogP contribution in [0.5, 0.6) is 0 Å². The highest BCUT2D eigenvalue weighted by molar-refractivity contribution is 5.71. The number of nitrogens with two attached hydrogens (primary N) is 1. The van der Waals surface area contributed by atoms with Gasteiger partial charge in [0.05, 0.1) is 11.4 Å². The second kappa shape index (κ2) is 8.36. The standard InChI is InChI=1S/C9H6N2O2.C3H8N2O/c1-7-2-3-8(10-5-12)4-9(7)11-6-13;1-5(2)3(4)6/h2-4H,1H3;1-2H3,(H2,4,6). The Morgan fingerprint density at radius 3 is 2.16 bits per heavy atom. The number of hydrogen-bond donors (Lipinski definition) is 1. The lowest BCUT2D eigenvalue weighted by atomic mass is 10.2. The molecule has 0 heterocycles. The summed E-state index contributed by atoms with van der Waals surface area (Å²) in [4.78, 5) is 37.9. The molecule has 19 heavy (non-hydrogen) atoms. The van der Waals surface area contributed by atoms with E-state index in [9.17, 15) is 14.4 Å². The van der Waals surface area contributed by atoms with Crippen LogP contribution in [-0.4, -0.2) is 37.2 Å². The summed E-state index contributed by atoms with van der Waals surface area (Å²) < 4.78 is 0. The van der Waals surface area contributed by atoms with E-state index in [2.05, 4.69) is 9.98 Å². The Kier molecular flexibility index (Phi) is 7.15. The number of carbonyl (C=O) groups excluding carboxylic acids is 3. The van der Waals surface area contributed by atoms with E-state index in [4.69, 9.17) is 5.73 Å². The highest BCUT2D eigenvalue weighted by Crippen LogP contribution is 2.23. The summed E-state index contributed by atoms with van der Waals surface area (Å²) in [5, 5.41) is 0. The zero-order valence-corrected chi connectivity index (χ0v) is 10.9. The maximum absolute atomic E-state index is 10.00. The van der Waals surface area contributed by atoms with E-state index in [0.717, 1.165) is 5.56 Å². The molecule has 100 valence electrons. The molecule has 0 unspecified atom stereocenters. The molecule has 0 radical (unpaired) electrons. The van der Waals surface area contributed by atoms with Crippen molar-refractivity contribution in [3.05, 3.63) is 23.8 Å². The highest BCUT2D eigenvalue weighted by atomic mass is 16.2. The Bertz CT molecular complexity index is 542. The van der Waals surface area contributed by atoms with Crippen molar-refractivity contribution in [2.45, 2.75) is 6.92 Å². The minimum atomic E-state index is -0.407. The molecule has 1 aromatic rings. The number of isocyanates is 2. The lowest BCUT2D eigenvalue weighted by Gasteiger charge is -2.01. The summed E-state index contributed by atoms with van der Waals surface area (Å²) in [5.41, 5.74) is 6.44. The predicted octanol–water partition coefficient (Wildman–Crippen LogP) is 1.56. The number of rotatable bonds is 2. The first-order valence-corrected chi connectivity index (χ1v) is 5.15. The number of amides is 2. The minimum absolute atomic E-state index is 0.407. The molecule has 0 bridgehead atoms. The number of urea groups is 1. The molecule has 0 aromatic heterocycles. The third-order valence-electron chi connectivity index (χ3n) is 1.97. The second-order valence-corrected chi connectivity index (χ2v) is 3.61. The van der Waals surface area contributed by atoms with Crippen molar-refractivity contribution in [1.29, 1.82) is 0 Å². The summed E-state index contributed by atoms with van der Waals surface area (Å²) in [6.45, 7) is 1.80. The van der Waals surface area contributed by atoms with Gasteiger partial charge in [-0.15, -0.1) is 0 Å². The molecule has 1 aromatic carbocycles. The maximum Gasteiger partial charge on any atom is 0.314 e. The van der Waals surface area contributed by atoms with Crippen LogP contribution in [-0.2, 0) is 9.59 Å². The van der Waals surface area contributed by atoms with Crippen molar-refractivity contribution in [3.8, 4) is 0 Å². The van der Waals surface area contributed by atoms with Crippen LogP contribution in [0.2, 0.25) is 0 Å². The Labute approximate surface area is 110 Å². The van der Waals surface area contributed by atoms with Crippen LogP contribution in [0.1, 0.15) is 5.56 Å². The largest absolute Gasteiger partial charge is 0.352 e. The average molecular weight is 262 g/mol. The molecule has 7 heteroatoms. The first-order valence-electron chi connectivity index (χ1n) is 5.15. The molecule has 7 nitrogen and oxygen atoms in total. The highest BCUT2D eigenvalue weighted by Gasteiger charge is 1.97. The minimum Gasteiger partial charge on any atom is -0.352 e. The molecule has 0 aliphatic carbocycles. The first-order chi connectivity index (χ1) is 8.92. The normalized spacial score (nSPS) is 8.16. The van der Waals surface area contributed by atoms with Crippen LogP contribution >= 0.6 is 0 Å². The van der Waals surface area contributed by atoms with Crippen LogP contribution in [0.15, 0.2) is 28.2 Å². The SMILES string of the molecule is CN(C)C(N)=O.Cc1ccc(N=C=O)cc1N=C=O. The van der Waals surface area contributed by atoms with Crippen molar-refractivity contribution in [2.75, 3.05) is 14.1 Å². The summed E-state index contributed by atoms with van der Waals surface area (Å²) >= 11 is 0. The average Bonchev–Trinajstić information content (AvgIpc) is 2.35. The second-order valence-electron chi connectivity index (χ2n) is 3.61. The molecule has 0 spiro atoms. The third kappa shape index (κ3) is 6.53. The van der Waals surface area contributed by atoms with Gasteiger partial charge in [-0.05, 0) is 24.6 Å². The Morgan fingerprint density at radius 2 is 1.74 bits per heavy atom. The van der Waals surface area contributed by atoms with Gasteiger partial charge in [0, 0.05) is 14.1 Å². The van der Waals surface area contributed by atoms with Gasteiger partial charge in [-0.1, -0.05) is 6.07 Å². The van der Waals surface area contributed by atoms with E-state index in [0.29, 0.717) is 11.4 Å². The topological polar surface area (TPSA) is 105 Å². The van der Waals surface area contributed by atoms with E-state index >= 15 is 0 Å². The Morgan fingerprint density at radius 1 is 1.21 bits per heavy atom. The number of benzene rings is 1. The van der Waals surface area contributed by atoms with E-state index in [1.807, 2.05) is 0 Å². The van der Waals surface area contributed by atoms with Crippen LogP contribution in [0.4, 0.5) is 16.2 Å². The molecule has 2 N–H and O–H groups in total. The lowest BCUT2D eigenvalue weighted by Crippen LogP contribution is -2.27. The van der Waals surface area contributed by atoms with E-state index in [-0.39, 0.29) is 0 Å². The summed E-state index contributed by atoms with van der Waals surface area (Å²) in [6, 6.07) is 4.47. The number of hydrogen-bond acceptors (Lipinski definition) is 5. The van der Waals surface area contributed by atoms with Gasteiger partial charge in [-0.3, -0.25) is 0 Å². The van der Waals surface area contributed by atoms with Crippen LogP contribution in [0, 0.1) is 6.92 Å². The summed E-state index contributed by atoms with van der Waals surface area (Å²) in [7, 11) is 3.20. The van der Waals surface area contributed by atoms with Crippen molar-refractivity contribution < 1.29 is 14.4 Å². The number of aryl methyl sites for hydroxylation is 1. The van der Waals surface area contributed by atoms with Gasteiger partial charge in [-0.25, -0.2) is 14.4 Å². The van der Waals surface area contributed by atoms with Gasteiger partial charge in [0.1, 0.15) is 0 Å². The molecule has 0 saturated carbocycles. The quantitative estimate of drug-likeness (QED) is 0.645. The van der Waals surface area contributed by atoms with Gasteiger partial charge in [0.25, 0.3) is 0 Å². The summed E-state index contributed by atoms with van der Waals surface area (Å²) in [6.07, 6.45) is 2.84. The van der Waals surface area contributed by atoms with Crippen molar-refractivity contribution >= 4 is 29.6 Å². The molecule has 1 rings (SSSR count). The van der Waals surface area contributed by atoms with Crippen LogP contribution in [0.25, 0.3) is 0 Å². The van der Waals surface area contributed by atoms with Crippen LogP contribution < -0.4 is 5.73 Å². The third-order valence-corrected chi connectivity index (χ3v) is 1.97. The number of aliphatic imine (C=N–C) groups is 2. The Balaban J connectivity index is 0.000000459. The van der Waals surface area contributed by atoms with E-state index < -0.39 is 6.03 Å². The lowest BCUT2D eigenvalue weighted by molar-refractivity contribution is 0.227. The van der Waals surface area contributed by atoms with Crippen molar-refractivity contribution in [2.24, 2.45) is 15.7 Å². The smallest absolute Gasteiger partial charge is 0.314 e. The zero-order valence-electron chi connectivity index (χ0n) is 10.9. The van der Waals surface area contributed by atoms with Gasteiger partial charge in [-0.2, -0.15) is 9.98 Å². The van der Waals surface area contributed by atoms with Gasteiger partial charge >= 0.3 is 6.03 Å². The fourth-order valence-electron chi connectivity index (χ4n) is 0.890. The van der Waals surface area contributed by atoms with Gasteiger partial charge < -0.3 is 10.6 Å². The molecular weight excluding hydrogens is 248 g/mol. The van der Waals surface area contributed by atoms with Crippen LogP contribution in [0.3, 0.4) is 0 Å². The molecule has 0 aliphatic heterocycles. The van der Waals surface area contributed by atoms with Gasteiger partial charge in [0.2, 0.25) is 12.2 Å². The van der Waals surface area contributed by atoms with E-state index in [1.165, 1.54) is 23.1 Å². The number of carbonyl (C=O) groups is 1. The number of primary amides is 1. The first kappa shape index (κ1) is 16.2. The predicted molar refractivity (Wildman–Crippen MR) is 70.0 cm³/mol. The van der Waals surface area contributed by atoms with Gasteiger partial charge in [0.15, 0.2) is 0 Å². The fraction of sp³-hybridized carbons (Fsp3) is 0.250. The fourth-order valence-corrected chi connectivity index (χ4v) is 0.890. The molecule has 2 amide bonds. The Hall–Kier alpha value is -2.75. The molecule has 0 atom stereocenters. The molecule has 0 saturated heterocycles. The zero-order chi connectivity index (χ0) is 14.8. The molecule has 0 fully saturated rings. The molecule has 0 aliphatic rings. The summed E-state index contributed by atoms with van der Waals surface area (Å²) in [5.74, 6) is 0.